The van der Waals surface area contributed by atoms with Crippen molar-refractivity contribution in [2.75, 3.05) is 5.73 Å². The van der Waals surface area contributed by atoms with E-state index in [1.807, 2.05) is 0 Å². The third-order valence-corrected chi connectivity index (χ3v) is 1.83. The molecule has 0 heterocycles. The molecular formula is C10H7F4NO. The number of alkyl halides is 3. The molecule has 2 N–H and O–H groups in total. The number of carbonyl (C=O) groups excluding carboxylic acids is 1. The van der Waals surface area contributed by atoms with Crippen LogP contribution in [0.4, 0.5) is 23.2 Å². The van der Waals surface area contributed by atoms with Gasteiger partial charge in [-0.3, -0.25) is 4.79 Å². The molecule has 0 saturated heterocycles. The van der Waals surface area contributed by atoms with E-state index in [1.54, 1.807) is 0 Å². The molecule has 6 heteroatoms. The summed E-state index contributed by atoms with van der Waals surface area (Å²) in [6.45, 7) is 0. The van der Waals surface area contributed by atoms with E-state index in [1.165, 1.54) is 0 Å². The summed E-state index contributed by atoms with van der Waals surface area (Å²) in [5.41, 5.74) is 2.94. The highest BCUT2D eigenvalue weighted by atomic mass is 19.4. The molecule has 86 valence electrons. The number of hydrogen-bond donors (Lipinski definition) is 1. The molecule has 0 atom stereocenters. The fraction of sp³-hybridized carbons (Fsp3) is 0.100. The maximum Gasteiger partial charge on any atom is 0.417 e. The van der Waals surface area contributed by atoms with Crippen LogP contribution in [0.1, 0.15) is 11.1 Å². The first-order valence-electron chi connectivity index (χ1n) is 4.14. The third-order valence-electron chi connectivity index (χ3n) is 1.83. The smallest absolute Gasteiger partial charge is 0.396 e. The first-order valence-corrected chi connectivity index (χ1v) is 4.14. The largest absolute Gasteiger partial charge is 0.417 e. The summed E-state index contributed by atoms with van der Waals surface area (Å²) in [4.78, 5) is 10.0. The minimum Gasteiger partial charge on any atom is -0.396 e. The van der Waals surface area contributed by atoms with E-state index < -0.39 is 28.8 Å². The van der Waals surface area contributed by atoms with E-state index >= 15 is 0 Å². The summed E-state index contributed by atoms with van der Waals surface area (Å²) >= 11 is 0. The number of halogens is 4. The summed E-state index contributed by atoms with van der Waals surface area (Å²) in [5, 5.41) is 0. The van der Waals surface area contributed by atoms with E-state index in [2.05, 4.69) is 0 Å². The second kappa shape index (κ2) is 4.34. The molecule has 16 heavy (non-hydrogen) atoms. The summed E-state index contributed by atoms with van der Waals surface area (Å²) in [7, 11) is 0. The third kappa shape index (κ3) is 2.59. The highest BCUT2D eigenvalue weighted by Gasteiger charge is 2.33. The molecule has 0 spiro atoms. The summed E-state index contributed by atoms with van der Waals surface area (Å²) < 4.78 is 50.4. The Labute approximate surface area is 88.4 Å². The van der Waals surface area contributed by atoms with Crippen LogP contribution in [-0.2, 0) is 11.0 Å². The number of aldehydes is 1. The molecule has 0 aliphatic heterocycles. The Kier molecular flexibility index (Phi) is 3.31. The Hall–Kier alpha value is -1.85. The van der Waals surface area contributed by atoms with Gasteiger partial charge in [-0.1, -0.05) is 6.08 Å². The van der Waals surface area contributed by atoms with Crippen molar-refractivity contribution in [2.24, 2.45) is 0 Å². The maximum atomic E-state index is 13.0. The Bertz CT molecular complexity index is 437. The summed E-state index contributed by atoms with van der Waals surface area (Å²) in [6, 6.07) is 1.14. The number of benzene rings is 1. The van der Waals surface area contributed by atoms with E-state index in [-0.39, 0.29) is 0 Å². The molecule has 0 aromatic heterocycles. The van der Waals surface area contributed by atoms with Crippen molar-refractivity contribution in [2.45, 2.75) is 6.18 Å². The lowest BCUT2D eigenvalue weighted by Gasteiger charge is -2.11. The van der Waals surface area contributed by atoms with Crippen LogP contribution in [0, 0.1) is 5.82 Å². The lowest BCUT2D eigenvalue weighted by Crippen LogP contribution is -2.09. The minimum absolute atomic E-state index is 0.300. The fourth-order valence-corrected chi connectivity index (χ4v) is 1.13. The van der Waals surface area contributed by atoms with Crippen molar-refractivity contribution >= 4 is 18.0 Å². The van der Waals surface area contributed by atoms with Crippen LogP contribution >= 0.6 is 0 Å². The van der Waals surface area contributed by atoms with Gasteiger partial charge >= 0.3 is 6.18 Å². The number of nitrogens with two attached hydrogens (primary N) is 1. The van der Waals surface area contributed by atoms with E-state index in [0.29, 0.717) is 18.4 Å². The van der Waals surface area contributed by atoms with Crippen molar-refractivity contribution in [3.05, 3.63) is 35.2 Å². The molecule has 1 rings (SSSR count). The normalized spacial score (nSPS) is 12.0. The molecule has 0 fully saturated rings. The molecule has 0 saturated carbocycles. The van der Waals surface area contributed by atoms with Crippen molar-refractivity contribution < 1.29 is 22.4 Å². The van der Waals surface area contributed by atoms with E-state index in [0.717, 1.165) is 12.2 Å². The summed E-state index contributed by atoms with van der Waals surface area (Å²) in [6.07, 6.45) is -2.63. The zero-order valence-electron chi connectivity index (χ0n) is 7.88. The van der Waals surface area contributed by atoms with Gasteiger partial charge in [0, 0.05) is 0 Å². The molecule has 0 radical (unpaired) electrons. The van der Waals surface area contributed by atoms with Crippen molar-refractivity contribution in [1.82, 2.24) is 0 Å². The molecule has 0 unspecified atom stereocenters. The zero-order chi connectivity index (χ0) is 12.3. The second-order valence-corrected chi connectivity index (χ2v) is 2.95. The zero-order valence-corrected chi connectivity index (χ0v) is 7.88. The van der Waals surface area contributed by atoms with Gasteiger partial charge in [0.2, 0.25) is 0 Å². The van der Waals surface area contributed by atoms with Crippen molar-refractivity contribution in [1.29, 1.82) is 0 Å². The molecule has 0 amide bonds. The first-order chi connectivity index (χ1) is 7.36. The second-order valence-electron chi connectivity index (χ2n) is 2.95. The molecule has 0 aliphatic carbocycles. The SMILES string of the molecule is Nc1cc(C(F)(F)F)c(C=CC=O)cc1F. The van der Waals surface area contributed by atoms with Crippen LogP contribution in [0.15, 0.2) is 18.2 Å². The quantitative estimate of drug-likeness (QED) is 0.369. The Morgan fingerprint density at radius 1 is 1.25 bits per heavy atom. The average molecular weight is 233 g/mol. The predicted octanol–water partition coefficient (Wildman–Crippen LogP) is 2.64. The van der Waals surface area contributed by atoms with Gasteiger partial charge in [0.25, 0.3) is 0 Å². The fourth-order valence-electron chi connectivity index (χ4n) is 1.13. The van der Waals surface area contributed by atoms with Gasteiger partial charge in [0.05, 0.1) is 11.3 Å². The molecule has 0 bridgehead atoms. The highest BCUT2D eigenvalue weighted by molar-refractivity contribution is 5.75. The van der Waals surface area contributed by atoms with Crippen LogP contribution < -0.4 is 5.73 Å². The Balaban J connectivity index is 3.39. The number of nitrogen functional groups attached to an aromatic ring is 1. The van der Waals surface area contributed by atoms with Crippen molar-refractivity contribution in [3.63, 3.8) is 0 Å². The average Bonchev–Trinajstić information content (AvgIpc) is 2.17. The van der Waals surface area contributed by atoms with Gasteiger partial charge in [-0.05, 0) is 23.8 Å². The van der Waals surface area contributed by atoms with Gasteiger partial charge in [0.15, 0.2) is 0 Å². The van der Waals surface area contributed by atoms with Crippen molar-refractivity contribution in [3.8, 4) is 0 Å². The lowest BCUT2D eigenvalue weighted by molar-refractivity contribution is -0.137. The molecule has 0 aliphatic rings. The van der Waals surface area contributed by atoms with Crippen LogP contribution in [-0.4, -0.2) is 6.29 Å². The minimum atomic E-state index is -4.65. The molecular weight excluding hydrogens is 226 g/mol. The highest BCUT2D eigenvalue weighted by Crippen LogP contribution is 2.34. The van der Waals surface area contributed by atoms with Crippen LogP contribution in [0.25, 0.3) is 6.08 Å². The maximum absolute atomic E-state index is 13.0. The van der Waals surface area contributed by atoms with Crippen LogP contribution in [0.2, 0.25) is 0 Å². The van der Waals surface area contributed by atoms with Gasteiger partial charge in [0.1, 0.15) is 12.1 Å². The first kappa shape index (κ1) is 12.2. The summed E-state index contributed by atoms with van der Waals surface area (Å²) in [5.74, 6) is -0.960. The number of rotatable bonds is 2. The molecule has 1 aromatic carbocycles. The van der Waals surface area contributed by atoms with Gasteiger partial charge in [-0.15, -0.1) is 0 Å². The van der Waals surface area contributed by atoms with Gasteiger partial charge in [-0.2, -0.15) is 13.2 Å². The van der Waals surface area contributed by atoms with E-state index in [9.17, 15) is 22.4 Å². The van der Waals surface area contributed by atoms with E-state index in [4.69, 9.17) is 5.73 Å². The van der Waals surface area contributed by atoms with Gasteiger partial charge in [-0.25, -0.2) is 4.39 Å². The van der Waals surface area contributed by atoms with Crippen LogP contribution in [0.5, 0.6) is 0 Å². The Morgan fingerprint density at radius 2 is 1.88 bits per heavy atom. The van der Waals surface area contributed by atoms with Crippen LogP contribution in [0.3, 0.4) is 0 Å². The number of carbonyl (C=O) groups is 1. The number of anilines is 1. The topological polar surface area (TPSA) is 43.1 Å². The molecule has 1 aromatic rings. The van der Waals surface area contributed by atoms with Gasteiger partial charge < -0.3 is 5.73 Å². The molecule has 2 nitrogen and oxygen atoms in total. The standard InChI is InChI=1S/C10H7F4NO/c11-8-4-6(2-1-3-16)7(5-9(8)15)10(12,13)14/h1-5H,15H2. The Morgan fingerprint density at radius 3 is 2.38 bits per heavy atom. The number of allylic oxidation sites excluding steroid dienone is 1. The number of hydrogen-bond acceptors (Lipinski definition) is 2. The monoisotopic (exact) mass is 233 g/mol. The predicted molar refractivity (Wildman–Crippen MR) is 50.9 cm³/mol. The lowest BCUT2D eigenvalue weighted by atomic mass is 10.1.